The van der Waals surface area contributed by atoms with Crippen molar-refractivity contribution in [2.75, 3.05) is 13.2 Å². The van der Waals surface area contributed by atoms with Crippen molar-refractivity contribution in [2.45, 2.75) is 65.2 Å². The predicted molar refractivity (Wildman–Crippen MR) is 95.3 cm³/mol. The van der Waals surface area contributed by atoms with Crippen LogP contribution >= 0.6 is 0 Å². The Hall–Kier alpha value is -1.84. The van der Waals surface area contributed by atoms with Gasteiger partial charge in [-0.3, -0.25) is 0 Å². The van der Waals surface area contributed by atoms with E-state index < -0.39 is 5.97 Å². The number of unbranched alkanes of at least 4 members (excludes halogenated alkanes) is 6. The molecule has 24 heavy (non-hydrogen) atoms. The summed E-state index contributed by atoms with van der Waals surface area (Å²) in [4.78, 5) is 23.8. The summed E-state index contributed by atoms with van der Waals surface area (Å²) in [6.07, 6.45) is 9.02. The predicted octanol–water partition coefficient (Wildman–Crippen LogP) is 5.16. The van der Waals surface area contributed by atoms with Crippen LogP contribution in [0.1, 0.15) is 85.9 Å². The fourth-order valence-electron chi connectivity index (χ4n) is 2.36. The van der Waals surface area contributed by atoms with Crippen molar-refractivity contribution in [3.63, 3.8) is 0 Å². The molecule has 0 fully saturated rings. The van der Waals surface area contributed by atoms with Gasteiger partial charge in [-0.05, 0) is 31.0 Å². The lowest BCUT2D eigenvalue weighted by atomic mass is 10.1. The van der Waals surface area contributed by atoms with Crippen LogP contribution in [0.5, 0.6) is 0 Å². The average molecular weight is 334 g/mol. The number of benzene rings is 1. The highest BCUT2D eigenvalue weighted by atomic mass is 16.5. The Morgan fingerprint density at radius 2 is 1.29 bits per heavy atom. The van der Waals surface area contributed by atoms with Crippen molar-refractivity contribution in [3.05, 3.63) is 35.4 Å². The number of rotatable bonds is 12. The van der Waals surface area contributed by atoms with E-state index in [2.05, 4.69) is 6.92 Å². The summed E-state index contributed by atoms with van der Waals surface area (Å²) >= 11 is 0. The first-order chi connectivity index (χ1) is 11.7. The van der Waals surface area contributed by atoms with Crippen LogP contribution in [0.15, 0.2) is 24.3 Å². The standard InChI is InChI=1S/C20H30O4/c1-3-5-6-7-8-9-10-15-24-20(22)18-13-11-12-17(16-18)19(21)23-14-4-2/h11-13,16H,3-10,14-15H2,1-2H3. The smallest absolute Gasteiger partial charge is 0.338 e. The van der Waals surface area contributed by atoms with Crippen LogP contribution in [0.3, 0.4) is 0 Å². The fourth-order valence-corrected chi connectivity index (χ4v) is 2.36. The van der Waals surface area contributed by atoms with Gasteiger partial charge in [-0.25, -0.2) is 9.59 Å². The molecule has 0 aliphatic carbocycles. The second kappa shape index (κ2) is 12.6. The molecule has 0 saturated carbocycles. The van der Waals surface area contributed by atoms with E-state index in [9.17, 15) is 9.59 Å². The van der Waals surface area contributed by atoms with Gasteiger partial charge < -0.3 is 9.47 Å². The number of hydrogen-bond acceptors (Lipinski definition) is 4. The van der Waals surface area contributed by atoms with Crippen molar-refractivity contribution in [3.8, 4) is 0 Å². The van der Waals surface area contributed by atoms with Crippen molar-refractivity contribution >= 4 is 11.9 Å². The Kier molecular flexibility index (Phi) is 10.6. The van der Waals surface area contributed by atoms with Gasteiger partial charge in [-0.2, -0.15) is 0 Å². The van der Waals surface area contributed by atoms with Crippen LogP contribution in [0.4, 0.5) is 0 Å². The lowest BCUT2D eigenvalue weighted by molar-refractivity contribution is 0.0497. The first-order valence-electron chi connectivity index (χ1n) is 9.13. The lowest BCUT2D eigenvalue weighted by Gasteiger charge is -2.07. The van der Waals surface area contributed by atoms with Crippen molar-refractivity contribution < 1.29 is 19.1 Å². The Morgan fingerprint density at radius 3 is 1.88 bits per heavy atom. The SMILES string of the molecule is CCCCCCCCCOC(=O)c1cccc(C(=O)OCCC)c1. The highest BCUT2D eigenvalue weighted by Crippen LogP contribution is 2.10. The molecule has 134 valence electrons. The van der Waals surface area contributed by atoms with Crippen molar-refractivity contribution in [2.24, 2.45) is 0 Å². The third-order valence-electron chi connectivity index (χ3n) is 3.75. The fraction of sp³-hybridized carbons (Fsp3) is 0.600. The zero-order valence-corrected chi connectivity index (χ0v) is 15.0. The summed E-state index contributed by atoms with van der Waals surface area (Å²) in [5, 5.41) is 0. The largest absolute Gasteiger partial charge is 0.462 e. The number of ether oxygens (including phenoxy) is 2. The van der Waals surface area contributed by atoms with E-state index in [1.165, 1.54) is 38.2 Å². The van der Waals surface area contributed by atoms with Crippen LogP contribution < -0.4 is 0 Å². The van der Waals surface area contributed by atoms with E-state index in [0.717, 1.165) is 19.3 Å². The van der Waals surface area contributed by atoms with Crippen LogP contribution in [-0.2, 0) is 9.47 Å². The van der Waals surface area contributed by atoms with Crippen LogP contribution in [-0.4, -0.2) is 25.2 Å². The van der Waals surface area contributed by atoms with E-state index in [0.29, 0.717) is 24.3 Å². The average Bonchev–Trinajstić information content (AvgIpc) is 2.61. The summed E-state index contributed by atoms with van der Waals surface area (Å²) in [5.74, 6) is -0.787. The Morgan fingerprint density at radius 1 is 0.750 bits per heavy atom. The summed E-state index contributed by atoms with van der Waals surface area (Å²) in [6, 6.07) is 6.51. The number of carbonyl (C=O) groups is 2. The maximum absolute atomic E-state index is 12.0. The summed E-state index contributed by atoms with van der Waals surface area (Å²) in [5.41, 5.74) is 0.776. The molecule has 0 atom stereocenters. The summed E-state index contributed by atoms with van der Waals surface area (Å²) in [7, 11) is 0. The normalized spacial score (nSPS) is 10.4. The molecule has 0 aliphatic heterocycles. The Balaban J connectivity index is 2.31. The molecule has 0 aromatic heterocycles. The topological polar surface area (TPSA) is 52.6 Å². The second-order valence-electron chi connectivity index (χ2n) is 5.97. The maximum atomic E-state index is 12.0. The van der Waals surface area contributed by atoms with Gasteiger partial charge >= 0.3 is 11.9 Å². The lowest BCUT2D eigenvalue weighted by Crippen LogP contribution is -2.10. The molecule has 4 nitrogen and oxygen atoms in total. The minimum Gasteiger partial charge on any atom is -0.462 e. The second-order valence-corrected chi connectivity index (χ2v) is 5.97. The third kappa shape index (κ3) is 8.14. The molecule has 1 rings (SSSR count). The maximum Gasteiger partial charge on any atom is 0.338 e. The van der Waals surface area contributed by atoms with E-state index >= 15 is 0 Å². The highest BCUT2D eigenvalue weighted by molar-refractivity contribution is 5.95. The summed E-state index contributed by atoms with van der Waals surface area (Å²) in [6.45, 7) is 4.95. The first-order valence-corrected chi connectivity index (χ1v) is 9.13. The van der Waals surface area contributed by atoms with Crippen LogP contribution in [0.25, 0.3) is 0 Å². The van der Waals surface area contributed by atoms with Gasteiger partial charge in [0, 0.05) is 0 Å². The molecular formula is C20H30O4. The molecule has 0 unspecified atom stereocenters. The molecule has 1 aromatic carbocycles. The molecule has 0 bridgehead atoms. The zero-order valence-electron chi connectivity index (χ0n) is 15.0. The minimum absolute atomic E-state index is 0.381. The van der Waals surface area contributed by atoms with E-state index in [1.54, 1.807) is 18.2 Å². The van der Waals surface area contributed by atoms with Crippen molar-refractivity contribution in [1.82, 2.24) is 0 Å². The molecule has 1 aromatic rings. The molecule has 4 heteroatoms. The van der Waals surface area contributed by atoms with Gasteiger partial charge in [0.25, 0.3) is 0 Å². The zero-order chi connectivity index (χ0) is 17.6. The van der Waals surface area contributed by atoms with Gasteiger partial charge in [0.1, 0.15) is 0 Å². The summed E-state index contributed by atoms with van der Waals surface area (Å²) < 4.78 is 10.4. The number of esters is 2. The molecular weight excluding hydrogens is 304 g/mol. The van der Waals surface area contributed by atoms with Gasteiger partial charge in [0.15, 0.2) is 0 Å². The first kappa shape index (κ1) is 20.2. The third-order valence-corrected chi connectivity index (χ3v) is 3.75. The van der Waals surface area contributed by atoms with Crippen LogP contribution in [0.2, 0.25) is 0 Å². The molecule has 0 aliphatic rings. The minimum atomic E-state index is -0.404. The molecule has 0 radical (unpaired) electrons. The van der Waals surface area contributed by atoms with Gasteiger partial charge in [-0.15, -0.1) is 0 Å². The van der Waals surface area contributed by atoms with Gasteiger partial charge in [-0.1, -0.05) is 58.4 Å². The molecule has 0 spiro atoms. The van der Waals surface area contributed by atoms with Crippen molar-refractivity contribution in [1.29, 1.82) is 0 Å². The van der Waals surface area contributed by atoms with Gasteiger partial charge in [0.2, 0.25) is 0 Å². The number of carbonyl (C=O) groups excluding carboxylic acids is 2. The van der Waals surface area contributed by atoms with E-state index in [1.807, 2.05) is 6.92 Å². The molecule has 0 N–H and O–H groups in total. The van der Waals surface area contributed by atoms with Gasteiger partial charge in [0.05, 0.1) is 24.3 Å². The van der Waals surface area contributed by atoms with E-state index in [-0.39, 0.29) is 5.97 Å². The number of hydrogen-bond donors (Lipinski definition) is 0. The molecule has 0 heterocycles. The van der Waals surface area contributed by atoms with Crippen LogP contribution in [0, 0.1) is 0 Å². The Bertz CT molecular complexity index is 496. The van der Waals surface area contributed by atoms with E-state index in [4.69, 9.17) is 9.47 Å². The molecule has 0 amide bonds. The quantitative estimate of drug-likeness (QED) is 0.391. The molecule has 0 saturated heterocycles. The highest BCUT2D eigenvalue weighted by Gasteiger charge is 2.12. The Labute approximate surface area is 145 Å². The monoisotopic (exact) mass is 334 g/mol.